The molecule has 3 rings (SSSR count). The van der Waals surface area contributed by atoms with Gasteiger partial charge in [0, 0.05) is 12.6 Å². The molecule has 2 aromatic carbocycles. The minimum absolute atomic E-state index is 0. The molecule has 0 aromatic heterocycles. The van der Waals surface area contributed by atoms with E-state index in [4.69, 9.17) is 0 Å². The second-order valence-corrected chi connectivity index (χ2v) is 9.33. The molecule has 1 aliphatic rings. The highest BCUT2D eigenvalue weighted by atomic mass is 35.5. The highest BCUT2D eigenvalue weighted by Gasteiger charge is 2.24. The topological polar surface area (TPSA) is 87.4 Å². The number of aromatic hydroxyl groups is 4. The smallest absolute Gasteiger partial charge is 0.157 e. The van der Waals surface area contributed by atoms with Gasteiger partial charge in [0.25, 0.3) is 0 Å². The van der Waals surface area contributed by atoms with Gasteiger partial charge in [-0.1, -0.05) is 25.5 Å². The Balaban J connectivity index is 0.00000306. The van der Waals surface area contributed by atoms with E-state index >= 15 is 0 Å². The van der Waals surface area contributed by atoms with Gasteiger partial charge >= 0.3 is 0 Å². The van der Waals surface area contributed by atoms with Crippen molar-refractivity contribution in [1.29, 1.82) is 0 Å². The molecule has 8 heteroatoms. The lowest BCUT2D eigenvalue weighted by Crippen LogP contribution is -2.32. The van der Waals surface area contributed by atoms with Crippen molar-refractivity contribution < 1.29 is 20.4 Å². The van der Waals surface area contributed by atoms with Crippen LogP contribution in [-0.4, -0.2) is 69.0 Å². The maximum absolute atomic E-state index is 9.76. The summed E-state index contributed by atoms with van der Waals surface area (Å²) in [6.07, 6.45) is 8.94. The van der Waals surface area contributed by atoms with Crippen molar-refractivity contribution in [2.75, 3.05) is 32.7 Å². The summed E-state index contributed by atoms with van der Waals surface area (Å²) in [5.74, 6) is -0.196. The van der Waals surface area contributed by atoms with Gasteiger partial charge in [0.2, 0.25) is 0 Å². The van der Waals surface area contributed by atoms with Gasteiger partial charge in [-0.3, -0.25) is 0 Å². The van der Waals surface area contributed by atoms with Gasteiger partial charge in [-0.25, -0.2) is 0 Å². The Morgan fingerprint density at radius 3 is 2.11 bits per heavy atom. The van der Waals surface area contributed by atoms with Crippen LogP contribution in [-0.2, 0) is 12.8 Å². The number of unbranched alkanes of at least 4 members (excludes halogenated alkanes) is 2. The molecule has 0 bridgehead atoms. The summed E-state index contributed by atoms with van der Waals surface area (Å²) in [4.78, 5) is 5.09. The number of likely N-dealkylation sites (tertiary alicyclic amines) is 1. The average molecular weight is 530 g/mol. The fourth-order valence-corrected chi connectivity index (χ4v) is 4.88. The van der Waals surface area contributed by atoms with Crippen molar-refractivity contribution in [3.8, 4) is 23.0 Å². The maximum atomic E-state index is 9.76. The first-order chi connectivity index (χ1) is 16.0. The summed E-state index contributed by atoms with van der Waals surface area (Å²) in [7, 11) is 0. The van der Waals surface area contributed by atoms with E-state index in [1.807, 2.05) is 12.1 Å². The molecular weight excluding hydrogens is 487 g/mol. The minimum Gasteiger partial charge on any atom is -0.504 e. The van der Waals surface area contributed by atoms with Crippen molar-refractivity contribution in [1.82, 2.24) is 9.80 Å². The van der Waals surface area contributed by atoms with E-state index in [1.165, 1.54) is 32.1 Å². The van der Waals surface area contributed by atoms with Crippen LogP contribution in [0.3, 0.4) is 0 Å². The van der Waals surface area contributed by atoms with Crippen LogP contribution in [0.5, 0.6) is 23.0 Å². The van der Waals surface area contributed by atoms with Crippen molar-refractivity contribution in [2.24, 2.45) is 0 Å². The van der Waals surface area contributed by atoms with Crippen LogP contribution in [0.15, 0.2) is 36.4 Å². The third-order valence-electron chi connectivity index (χ3n) is 6.73. The van der Waals surface area contributed by atoms with Crippen molar-refractivity contribution >= 4 is 24.8 Å². The first-order valence-corrected chi connectivity index (χ1v) is 12.4. The number of halogens is 2. The van der Waals surface area contributed by atoms with Gasteiger partial charge in [-0.05, 0) is 107 Å². The van der Waals surface area contributed by atoms with Crippen LogP contribution in [0.4, 0.5) is 0 Å². The summed E-state index contributed by atoms with van der Waals surface area (Å²) in [6.45, 7) is 7.61. The molecular formula is C27H42Cl2N2O4. The lowest BCUT2D eigenvalue weighted by atomic mass is 10.0. The number of benzene rings is 2. The van der Waals surface area contributed by atoms with Crippen LogP contribution in [0, 0.1) is 0 Å². The monoisotopic (exact) mass is 528 g/mol. The zero-order chi connectivity index (χ0) is 23.6. The van der Waals surface area contributed by atoms with Gasteiger partial charge in [-0.15, -0.1) is 24.8 Å². The summed E-state index contributed by atoms with van der Waals surface area (Å²) < 4.78 is 0. The molecule has 1 aliphatic heterocycles. The second kappa shape index (κ2) is 16.0. The third-order valence-corrected chi connectivity index (χ3v) is 6.73. The van der Waals surface area contributed by atoms with E-state index < -0.39 is 0 Å². The quantitative estimate of drug-likeness (QED) is 0.203. The molecule has 2 aromatic rings. The lowest BCUT2D eigenvalue weighted by Gasteiger charge is -2.25. The number of nitrogens with zero attached hydrogens (tertiary/aromatic N) is 2. The van der Waals surface area contributed by atoms with E-state index in [2.05, 4.69) is 16.7 Å². The summed E-state index contributed by atoms with van der Waals surface area (Å²) >= 11 is 0. The Morgan fingerprint density at radius 1 is 0.800 bits per heavy atom. The Kier molecular flexibility index (Phi) is 14.2. The molecule has 4 N–H and O–H groups in total. The fraction of sp³-hybridized carbons (Fsp3) is 0.556. The Morgan fingerprint density at radius 2 is 1.46 bits per heavy atom. The molecule has 0 amide bonds. The first kappa shape index (κ1) is 31.2. The highest BCUT2D eigenvalue weighted by molar-refractivity contribution is 5.85. The van der Waals surface area contributed by atoms with Crippen LogP contribution in [0.1, 0.15) is 56.6 Å². The highest BCUT2D eigenvalue weighted by Crippen LogP contribution is 2.28. The van der Waals surface area contributed by atoms with Crippen LogP contribution < -0.4 is 0 Å². The zero-order valence-electron chi connectivity index (χ0n) is 20.7. The van der Waals surface area contributed by atoms with E-state index in [1.54, 1.807) is 24.3 Å². The second-order valence-electron chi connectivity index (χ2n) is 9.33. The first-order valence-electron chi connectivity index (χ1n) is 12.4. The van der Waals surface area contributed by atoms with Gasteiger partial charge in [-0.2, -0.15) is 0 Å². The fourth-order valence-electron chi connectivity index (χ4n) is 4.88. The minimum atomic E-state index is -0.0642. The van der Waals surface area contributed by atoms with Crippen LogP contribution >= 0.6 is 24.8 Å². The van der Waals surface area contributed by atoms with Gasteiger partial charge in [0.05, 0.1) is 0 Å². The van der Waals surface area contributed by atoms with Gasteiger partial charge < -0.3 is 30.2 Å². The molecule has 1 heterocycles. The molecule has 0 radical (unpaired) electrons. The van der Waals surface area contributed by atoms with E-state index in [9.17, 15) is 20.4 Å². The Hall–Kier alpha value is -1.86. The zero-order valence-corrected chi connectivity index (χ0v) is 22.4. The van der Waals surface area contributed by atoms with Gasteiger partial charge in [0.15, 0.2) is 23.0 Å². The Labute approximate surface area is 222 Å². The molecule has 198 valence electrons. The standard InChI is InChI=1S/C27H40N2O4.2ClH/c1-2-13-28(17-12-21-8-10-24(30)26(32)19-21)14-4-3-5-15-29-16-6-7-23(29)18-22-9-11-25(31)27(33)20-22;;/h8-11,19-20,23,30-33H,2-7,12-18H2,1H3;2*1H. The summed E-state index contributed by atoms with van der Waals surface area (Å²) in [5, 5.41) is 38.5. The predicted molar refractivity (Wildman–Crippen MR) is 147 cm³/mol. The number of hydrogen-bond acceptors (Lipinski definition) is 6. The SMILES string of the molecule is CCCN(CCCCCN1CCCC1Cc1ccc(O)c(O)c1)CCc1ccc(O)c(O)c1.Cl.Cl. The van der Waals surface area contributed by atoms with Crippen molar-refractivity contribution in [3.63, 3.8) is 0 Å². The van der Waals surface area contributed by atoms with Crippen molar-refractivity contribution in [3.05, 3.63) is 47.5 Å². The van der Waals surface area contributed by atoms with E-state index in [0.717, 1.165) is 63.1 Å². The molecule has 1 atom stereocenters. The van der Waals surface area contributed by atoms with Crippen LogP contribution in [0.25, 0.3) is 0 Å². The number of rotatable bonds is 13. The molecule has 0 aliphatic carbocycles. The summed E-state index contributed by atoms with van der Waals surface area (Å²) in [5.41, 5.74) is 2.13. The number of phenolic OH excluding ortho intramolecular Hbond substituents is 4. The Bertz CT molecular complexity index is 884. The molecule has 6 nitrogen and oxygen atoms in total. The maximum Gasteiger partial charge on any atom is 0.157 e. The molecule has 35 heavy (non-hydrogen) atoms. The number of hydrogen-bond donors (Lipinski definition) is 4. The molecule has 0 spiro atoms. The molecule has 1 saturated heterocycles. The summed E-state index contributed by atoms with van der Waals surface area (Å²) in [6, 6.07) is 10.8. The predicted octanol–water partition coefficient (Wildman–Crippen LogP) is 5.48. The molecule has 0 saturated carbocycles. The molecule has 1 fully saturated rings. The van der Waals surface area contributed by atoms with Gasteiger partial charge in [0.1, 0.15) is 0 Å². The average Bonchev–Trinajstić information content (AvgIpc) is 3.23. The largest absolute Gasteiger partial charge is 0.504 e. The molecule has 1 unspecified atom stereocenters. The number of phenols is 4. The van der Waals surface area contributed by atoms with E-state index in [-0.39, 0.29) is 47.8 Å². The normalized spacial score (nSPS) is 15.7. The third kappa shape index (κ3) is 9.96. The van der Waals surface area contributed by atoms with Crippen molar-refractivity contribution in [2.45, 2.75) is 64.3 Å². The lowest BCUT2D eigenvalue weighted by molar-refractivity contribution is 0.238. The van der Waals surface area contributed by atoms with Crippen LogP contribution in [0.2, 0.25) is 0 Å². The van der Waals surface area contributed by atoms with E-state index in [0.29, 0.717) is 6.04 Å².